The lowest BCUT2D eigenvalue weighted by Crippen LogP contribution is -2.47. The van der Waals surface area contributed by atoms with Crippen molar-refractivity contribution in [2.45, 2.75) is 51.6 Å². The summed E-state index contributed by atoms with van der Waals surface area (Å²) in [6.45, 7) is 6.72. The van der Waals surface area contributed by atoms with Gasteiger partial charge in [-0.25, -0.2) is 0 Å². The molecule has 1 saturated carbocycles. The van der Waals surface area contributed by atoms with Gasteiger partial charge in [-0.3, -0.25) is 14.4 Å². The van der Waals surface area contributed by atoms with Crippen molar-refractivity contribution < 1.29 is 4.79 Å². The maximum Gasteiger partial charge on any atom is 0.244 e. The minimum Gasteiger partial charge on any atom is -0.339 e. The zero-order valence-corrected chi connectivity index (χ0v) is 14.2. The van der Waals surface area contributed by atoms with Gasteiger partial charge in [0, 0.05) is 44.1 Å². The van der Waals surface area contributed by atoms with Crippen molar-refractivity contribution in [3.05, 3.63) is 18.0 Å². The predicted octanol–water partition coefficient (Wildman–Crippen LogP) is 1.91. The van der Waals surface area contributed by atoms with Crippen LogP contribution in [0, 0.1) is 18.8 Å². The van der Waals surface area contributed by atoms with Crippen molar-refractivity contribution in [1.82, 2.24) is 19.6 Å². The van der Waals surface area contributed by atoms with Gasteiger partial charge in [-0.15, -0.1) is 0 Å². The van der Waals surface area contributed by atoms with E-state index in [2.05, 4.69) is 14.9 Å². The van der Waals surface area contributed by atoms with E-state index in [9.17, 15) is 4.79 Å². The van der Waals surface area contributed by atoms with Gasteiger partial charge in [0.1, 0.15) is 6.54 Å². The van der Waals surface area contributed by atoms with Crippen LogP contribution in [0.15, 0.2) is 12.3 Å². The van der Waals surface area contributed by atoms with Crippen molar-refractivity contribution in [2.75, 3.05) is 26.2 Å². The van der Waals surface area contributed by atoms with E-state index < -0.39 is 0 Å². The van der Waals surface area contributed by atoms with Crippen molar-refractivity contribution in [3.8, 4) is 0 Å². The van der Waals surface area contributed by atoms with Gasteiger partial charge in [0.25, 0.3) is 0 Å². The number of rotatable bonds is 4. The van der Waals surface area contributed by atoms with Crippen LogP contribution in [-0.4, -0.2) is 57.7 Å². The molecule has 1 aliphatic carbocycles. The fourth-order valence-corrected chi connectivity index (χ4v) is 4.41. The fraction of sp³-hybridized carbons (Fsp3) is 0.778. The Bertz CT molecular complexity index is 565. The Balaban J connectivity index is 1.40. The fourth-order valence-electron chi connectivity index (χ4n) is 4.41. The van der Waals surface area contributed by atoms with Gasteiger partial charge in [-0.2, -0.15) is 5.10 Å². The molecule has 5 rings (SSSR count). The van der Waals surface area contributed by atoms with Crippen LogP contribution >= 0.6 is 0 Å². The van der Waals surface area contributed by atoms with E-state index in [1.807, 2.05) is 17.7 Å². The molecular weight excluding hydrogens is 288 g/mol. The smallest absolute Gasteiger partial charge is 0.244 e. The molecule has 3 saturated heterocycles. The van der Waals surface area contributed by atoms with Crippen LogP contribution in [0.25, 0.3) is 0 Å². The Labute approximate surface area is 138 Å². The normalized spacial score (nSPS) is 28.7. The van der Waals surface area contributed by atoms with Gasteiger partial charge in [0.2, 0.25) is 5.91 Å². The third-order valence-corrected chi connectivity index (χ3v) is 6.11. The molecule has 1 aromatic heterocycles. The average molecular weight is 316 g/mol. The largest absolute Gasteiger partial charge is 0.339 e. The molecule has 0 unspecified atom stereocenters. The number of fused-ring (bicyclic) bond motifs is 4. The van der Waals surface area contributed by atoms with Gasteiger partial charge in [0.05, 0.1) is 0 Å². The predicted molar refractivity (Wildman–Crippen MR) is 89.0 cm³/mol. The highest BCUT2D eigenvalue weighted by Crippen LogP contribution is 2.33. The summed E-state index contributed by atoms with van der Waals surface area (Å²) < 4.78 is 1.82. The molecule has 4 heterocycles. The number of carbonyl (C=O) groups excluding carboxylic acids is 1. The summed E-state index contributed by atoms with van der Waals surface area (Å²) in [5.41, 5.74) is 1.06. The van der Waals surface area contributed by atoms with E-state index in [1.165, 1.54) is 45.2 Å². The number of aromatic nitrogens is 2. The molecule has 0 radical (unpaired) electrons. The Morgan fingerprint density at radius 3 is 2.78 bits per heavy atom. The molecule has 4 fully saturated rings. The number of nitrogens with zero attached hydrogens (tertiary/aromatic N) is 4. The van der Waals surface area contributed by atoms with Crippen LogP contribution < -0.4 is 0 Å². The van der Waals surface area contributed by atoms with Crippen molar-refractivity contribution in [2.24, 2.45) is 11.8 Å². The minimum absolute atomic E-state index is 0.235. The molecular formula is C18H28N4O. The van der Waals surface area contributed by atoms with Crippen molar-refractivity contribution >= 4 is 5.91 Å². The molecule has 126 valence electrons. The van der Waals surface area contributed by atoms with Crippen LogP contribution in [0.1, 0.15) is 37.8 Å². The Hall–Kier alpha value is -1.36. The lowest BCUT2D eigenvalue weighted by Gasteiger charge is -2.40. The quantitative estimate of drug-likeness (QED) is 0.852. The number of hydrogen-bond donors (Lipinski definition) is 0. The van der Waals surface area contributed by atoms with Crippen LogP contribution in [0.3, 0.4) is 0 Å². The van der Waals surface area contributed by atoms with E-state index >= 15 is 0 Å². The number of amides is 1. The van der Waals surface area contributed by atoms with Gasteiger partial charge < -0.3 is 4.90 Å². The molecule has 2 atom stereocenters. The number of hydrogen-bond acceptors (Lipinski definition) is 3. The lowest BCUT2D eigenvalue weighted by molar-refractivity contribution is -0.132. The second-order valence-corrected chi connectivity index (χ2v) is 7.78. The van der Waals surface area contributed by atoms with Gasteiger partial charge in [0.15, 0.2) is 0 Å². The molecule has 2 bridgehead atoms. The van der Waals surface area contributed by atoms with Crippen molar-refractivity contribution in [3.63, 3.8) is 0 Å². The monoisotopic (exact) mass is 316 g/mol. The molecule has 0 spiro atoms. The summed E-state index contributed by atoms with van der Waals surface area (Å²) in [6, 6.07) is 2.54. The maximum absolute atomic E-state index is 12.7. The standard InChI is InChI=1S/C18H28N4O/c1-14-7-8-19-22(14)13-18(23)21-11-16-5-6-17(12-21)20(10-16)9-15-3-2-4-15/h7-8,15-17H,2-6,9-13H2,1H3/t16-,17-/m0/s1. The van der Waals surface area contributed by atoms with Crippen LogP contribution in [0.4, 0.5) is 0 Å². The molecule has 0 aromatic carbocycles. The topological polar surface area (TPSA) is 41.4 Å². The summed E-state index contributed by atoms with van der Waals surface area (Å²) in [5.74, 6) is 1.82. The molecule has 1 amide bonds. The molecule has 1 aromatic rings. The van der Waals surface area contributed by atoms with Crippen LogP contribution in [0.2, 0.25) is 0 Å². The maximum atomic E-state index is 12.7. The molecule has 3 aliphatic heterocycles. The van der Waals surface area contributed by atoms with Crippen molar-refractivity contribution in [1.29, 1.82) is 0 Å². The van der Waals surface area contributed by atoms with E-state index in [-0.39, 0.29) is 5.91 Å². The zero-order valence-electron chi connectivity index (χ0n) is 14.2. The molecule has 23 heavy (non-hydrogen) atoms. The highest BCUT2D eigenvalue weighted by Gasteiger charge is 2.37. The SMILES string of the molecule is Cc1ccnn1CC(=O)N1C[C@H]2CC[C@@H](C1)N(CC1CCC1)C2. The first-order valence-corrected chi connectivity index (χ1v) is 9.19. The second kappa shape index (κ2) is 6.27. The summed E-state index contributed by atoms with van der Waals surface area (Å²) in [4.78, 5) is 17.5. The van der Waals surface area contributed by atoms with Gasteiger partial charge in [-0.1, -0.05) is 6.42 Å². The Morgan fingerprint density at radius 1 is 1.22 bits per heavy atom. The summed E-state index contributed by atoms with van der Waals surface area (Å²) in [7, 11) is 0. The lowest BCUT2D eigenvalue weighted by atomic mass is 9.83. The summed E-state index contributed by atoms with van der Waals surface area (Å²) in [6.07, 6.45) is 8.57. The first-order valence-electron chi connectivity index (χ1n) is 9.19. The number of carbonyl (C=O) groups is 1. The average Bonchev–Trinajstić information content (AvgIpc) is 2.73. The first kappa shape index (κ1) is 15.2. The molecule has 4 aliphatic rings. The van der Waals surface area contributed by atoms with E-state index in [1.54, 1.807) is 6.20 Å². The van der Waals surface area contributed by atoms with Crippen LogP contribution in [0.5, 0.6) is 0 Å². The number of aryl methyl sites for hydroxylation is 1. The third kappa shape index (κ3) is 3.16. The highest BCUT2D eigenvalue weighted by atomic mass is 16.2. The molecule has 5 nitrogen and oxygen atoms in total. The van der Waals surface area contributed by atoms with Gasteiger partial charge >= 0.3 is 0 Å². The number of piperidine rings is 1. The summed E-state index contributed by atoms with van der Waals surface area (Å²) >= 11 is 0. The Morgan fingerprint density at radius 2 is 2.09 bits per heavy atom. The molecule has 5 heteroatoms. The minimum atomic E-state index is 0.235. The van der Waals surface area contributed by atoms with Gasteiger partial charge in [-0.05, 0) is 50.5 Å². The van der Waals surface area contributed by atoms with E-state index in [0.717, 1.165) is 24.7 Å². The second-order valence-electron chi connectivity index (χ2n) is 7.78. The third-order valence-electron chi connectivity index (χ3n) is 6.11. The van der Waals surface area contributed by atoms with E-state index in [0.29, 0.717) is 18.5 Å². The Kier molecular flexibility index (Phi) is 4.14. The summed E-state index contributed by atoms with van der Waals surface area (Å²) in [5, 5.41) is 4.26. The van der Waals surface area contributed by atoms with Crippen LogP contribution in [-0.2, 0) is 11.3 Å². The zero-order chi connectivity index (χ0) is 15.8. The van der Waals surface area contributed by atoms with E-state index in [4.69, 9.17) is 0 Å². The molecule has 0 N–H and O–H groups in total. The first-order chi connectivity index (χ1) is 11.2. The highest BCUT2D eigenvalue weighted by molar-refractivity contribution is 5.76.